The van der Waals surface area contributed by atoms with E-state index in [-0.39, 0.29) is 35.7 Å². The molecule has 1 heterocycles. The quantitative estimate of drug-likeness (QED) is 0.619. The molecule has 3 rings (SSSR count). The third-order valence-corrected chi connectivity index (χ3v) is 6.85. The van der Waals surface area contributed by atoms with Crippen molar-refractivity contribution in [3.05, 3.63) is 47.0 Å². The van der Waals surface area contributed by atoms with Gasteiger partial charge in [0.05, 0.1) is 18.3 Å². The summed E-state index contributed by atoms with van der Waals surface area (Å²) in [5.41, 5.74) is 1.90. The van der Waals surface area contributed by atoms with Gasteiger partial charge in [0.25, 0.3) is 0 Å². The molecule has 1 fully saturated rings. The van der Waals surface area contributed by atoms with E-state index < -0.39 is 11.4 Å². The van der Waals surface area contributed by atoms with Crippen molar-refractivity contribution in [3.63, 3.8) is 0 Å². The number of aliphatic hydroxyl groups is 2. The van der Waals surface area contributed by atoms with Gasteiger partial charge in [0, 0.05) is 17.3 Å². The number of hydrogen-bond donors (Lipinski definition) is 2. The maximum absolute atomic E-state index is 14.1. The molecule has 0 aromatic carbocycles. The van der Waals surface area contributed by atoms with Gasteiger partial charge in [-0.05, 0) is 72.0 Å². The van der Waals surface area contributed by atoms with Crippen molar-refractivity contribution < 1.29 is 19.3 Å². The van der Waals surface area contributed by atoms with E-state index >= 15 is 0 Å². The minimum atomic E-state index is -0.558. The van der Waals surface area contributed by atoms with Crippen molar-refractivity contribution in [1.82, 2.24) is 0 Å². The Morgan fingerprint density at radius 1 is 1.33 bits per heavy atom. The van der Waals surface area contributed by atoms with Gasteiger partial charge in [-0.25, -0.2) is 4.39 Å². The second-order valence-corrected chi connectivity index (χ2v) is 9.15. The molecule has 150 valence electrons. The Labute approximate surface area is 162 Å². The van der Waals surface area contributed by atoms with Crippen LogP contribution in [0.15, 0.2) is 47.0 Å². The van der Waals surface area contributed by atoms with E-state index in [9.17, 15) is 14.6 Å². The molecule has 0 aromatic heterocycles. The molecule has 4 atom stereocenters. The summed E-state index contributed by atoms with van der Waals surface area (Å²) in [6.07, 6.45) is 11.7. The molecule has 3 aliphatic rings. The average Bonchev–Trinajstić information content (AvgIpc) is 2.61. The summed E-state index contributed by atoms with van der Waals surface area (Å²) in [7, 11) is 0. The summed E-state index contributed by atoms with van der Waals surface area (Å²) >= 11 is 0. The molecule has 0 saturated carbocycles. The van der Waals surface area contributed by atoms with Gasteiger partial charge in [0.1, 0.15) is 5.76 Å². The number of fused-ring (bicyclic) bond motifs is 2. The van der Waals surface area contributed by atoms with Crippen molar-refractivity contribution in [2.45, 2.75) is 71.5 Å². The molecule has 0 spiro atoms. The Balaban J connectivity index is 1.91. The molecule has 1 aliphatic heterocycles. The first kappa shape index (κ1) is 20.3. The lowest BCUT2D eigenvalue weighted by molar-refractivity contribution is -0.229. The molecule has 0 amide bonds. The molecule has 4 unspecified atom stereocenters. The highest BCUT2D eigenvalue weighted by molar-refractivity contribution is 5.28. The largest absolute Gasteiger partial charge is 0.505 e. The molecule has 0 aromatic rings. The van der Waals surface area contributed by atoms with Gasteiger partial charge in [-0.3, -0.25) is 0 Å². The third kappa shape index (κ3) is 3.79. The van der Waals surface area contributed by atoms with Crippen LogP contribution in [0.2, 0.25) is 0 Å². The Hall–Kier alpha value is -1.39. The smallest absolute Gasteiger partial charge is 0.160 e. The first-order valence-corrected chi connectivity index (χ1v) is 10.1. The summed E-state index contributed by atoms with van der Waals surface area (Å²) in [6.45, 7) is 8.40. The van der Waals surface area contributed by atoms with Crippen LogP contribution in [0, 0.1) is 17.3 Å². The van der Waals surface area contributed by atoms with Crippen LogP contribution < -0.4 is 0 Å². The molecule has 27 heavy (non-hydrogen) atoms. The molecular weight excluding hydrogens is 343 g/mol. The molecule has 0 radical (unpaired) electrons. The van der Waals surface area contributed by atoms with Gasteiger partial charge in [0.15, 0.2) is 5.83 Å². The summed E-state index contributed by atoms with van der Waals surface area (Å²) < 4.78 is 20.6. The van der Waals surface area contributed by atoms with Crippen LogP contribution >= 0.6 is 0 Å². The Bertz CT molecular complexity index is 696. The fraction of sp³-hybridized carbons (Fsp3) is 0.652. The number of halogens is 1. The molecular formula is C23H33FO3. The maximum atomic E-state index is 14.1. The van der Waals surface area contributed by atoms with Crippen molar-refractivity contribution in [2.24, 2.45) is 17.3 Å². The first-order valence-electron chi connectivity index (χ1n) is 10.1. The average molecular weight is 377 g/mol. The maximum Gasteiger partial charge on any atom is 0.160 e. The highest BCUT2D eigenvalue weighted by Gasteiger charge is 2.56. The summed E-state index contributed by atoms with van der Waals surface area (Å²) in [5, 5.41) is 19.8. The van der Waals surface area contributed by atoms with E-state index in [4.69, 9.17) is 4.74 Å². The van der Waals surface area contributed by atoms with Crippen LogP contribution in [0.4, 0.5) is 4.39 Å². The minimum Gasteiger partial charge on any atom is -0.505 e. The number of rotatable bonds is 5. The van der Waals surface area contributed by atoms with E-state index in [1.807, 2.05) is 13.8 Å². The molecule has 2 N–H and O–H groups in total. The van der Waals surface area contributed by atoms with Crippen molar-refractivity contribution >= 4 is 0 Å². The fourth-order valence-corrected chi connectivity index (χ4v) is 4.92. The molecule has 3 nitrogen and oxygen atoms in total. The Morgan fingerprint density at radius 2 is 2.07 bits per heavy atom. The topological polar surface area (TPSA) is 49.7 Å². The van der Waals surface area contributed by atoms with E-state index in [1.165, 1.54) is 17.2 Å². The zero-order valence-electron chi connectivity index (χ0n) is 17.0. The normalized spacial score (nSPS) is 35.0. The van der Waals surface area contributed by atoms with Gasteiger partial charge in [0.2, 0.25) is 0 Å². The lowest BCUT2D eigenvalue weighted by atomic mass is 9.57. The van der Waals surface area contributed by atoms with Crippen LogP contribution in [-0.2, 0) is 4.74 Å². The van der Waals surface area contributed by atoms with Crippen LogP contribution in [0.3, 0.4) is 0 Å². The van der Waals surface area contributed by atoms with Crippen molar-refractivity contribution in [1.29, 1.82) is 0 Å². The summed E-state index contributed by atoms with van der Waals surface area (Å²) in [6, 6.07) is 0. The SMILES string of the molecule is CC(C)=CCCC1=CCC2(CO)CC1C(C1C=C(F)C(O)=CC1)OC2(C)C. The monoisotopic (exact) mass is 376 g/mol. The molecule has 2 bridgehead atoms. The number of hydrogen-bond acceptors (Lipinski definition) is 3. The zero-order chi connectivity index (χ0) is 19.8. The second-order valence-electron chi connectivity index (χ2n) is 9.15. The van der Waals surface area contributed by atoms with E-state index in [0.717, 1.165) is 25.7 Å². The summed E-state index contributed by atoms with van der Waals surface area (Å²) in [5.74, 6) is -0.759. The Kier molecular flexibility index (Phi) is 5.69. The van der Waals surface area contributed by atoms with Crippen LogP contribution in [-0.4, -0.2) is 28.5 Å². The predicted molar refractivity (Wildman–Crippen MR) is 106 cm³/mol. The summed E-state index contributed by atoms with van der Waals surface area (Å²) in [4.78, 5) is 0. The predicted octanol–water partition coefficient (Wildman–Crippen LogP) is 5.54. The van der Waals surface area contributed by atoms with Crippen molar-refractivity contribution in [2.75, 3.05) is 6.61 Å². The van der Waals surface area contributed by atoms with Gasteiger partial charge in [-0.15, -0.1) is 0 Å². The van der Waals surface area contributed by atoms with Crippen LogP contribution in [0.25, 0.3) is 0 Å². The van der Waals surface area contributed by atoms with Crippen molar-refractivity contribution in [3.8, 4) is 0 Å². The van der Waals surface area contributed by atoms with E-state index in [0.29, 0.717) is 6.42 Å². The molecule has 4 heteroatoms. The molecule has 2 aliphatic carbocycles. The Morgan fingerprint density at radius 3 is 2.70 bits per heavy atom. The first-order chi connectivity index (χ1) is 12.7. The van der Waals surface area contributed by atoms with Crippen LogP contribution in [0.5, 0.6) is 0 Å². The number of allylic oxidation sites excluding steroid dienone is 5. The van der Waals surface area contributed by atoms with Gasteiger partial charge in [-0.2, -0.15) is 0 Å². The zero-order valence-corrected chi connectivity index (χ0v) is 17.0. The minimum absolute atomic E-state index is 0.0938. The lowest BCUT2D eigenvalue weighted by Crippen LogP contribution is -2.60. The lowest BCUT2D eigenvalue weighted by Gasteiger charge is -2.58. The standard InChI is InChI=1S/C23H33FO3/c1-15(2)6-5-7-16-10-11-23(14-25)13-18(16)21(27-22(23,3)4)17-8-9-20(26)19(24)12-17/h6,9-10,12,17-18,21,25-26H,5,7-8,11,13-14H2,1-4H3. The number of ether oxygens (including phenoxy) is 1. The highest BCUT2D eigenvalue weighted by atomic mass is 19.1. The third-order valence-electron chi connectivity index (χ3n) is 6.85. The molecule has 1 saturated heterocycles. The second kappa shape index (κ2) is 7.56. The van der Waals surface area contributed by atoms with E-state index in [2.05, 4.69) is 26.0 Å². The fourth-order valence-electron chi connectivity index (χ4n) is 4.92. The van der Waals surface area contributed by atoms with Crippen LogP contribution in [0.1, 0.15) is 59.8 Å². The number of aliphatic hydroxyl groups excluding tert-OH is 2. The highest BCUT2D eigenvalue weighted by Crippen LogP contribution is 2.56. The van der Waals surface area contributed by atoms with Gasteiger partial charge < -0.3 is 14.9 Å². The van der Waals surface area contributed by atoms with E-state index in [1.54, 1.807) is 6.08 Å². The van der Waals surface area contributed by atoms with Gasteiger partial charge in [-0.1, -0.05) is 23.3 Å². The van der Waals surface area contributed by atoms with Gasteiger partial charge >= 0.3 is 0 Å².